The van der Waals surface area contributed by atoms with E-state index >= 15 is 0 Å². The number of hydrogen-bond acceptors (Lipinski definition) is 4. The summed E-state index contributed by atoms with van der Waals surface area (Å²) in [7, 11) is 1.59. The van der Waals surface area contributed by atoms with Gasteiger partial charge in [0, 0.05) is 38.7 Å². The van der Waals surface area contributed by atoms with E-state index in [-0.39, 0.29) is 5.91 Å². The number of carbonyl (C=O) groups excluding carboxylic acids is 1. The summed E-state index contributed by atoms with van der Waals surface area (Å²) in [5.74, 6) is 0.396. The first-order valence-electron chi connectivity index (χ1n) is 6.63. The van der Waals surface area contributed by atoms with Crippen molar-refractivity contribution in [1.29, 1.82) is 0 Å². The maximum absolute atomic E-state index is 11.4. The zero-order valence-electron chi connectivity index (χ0n) is 11.9. The topological polar surface area (TPSA) is 63.2 Å². The minimum atomic E-state index is -0.177. The summed E-state index contributed by atoms with van der Waals surface area (Å²) < 4.78 is 5.50. The molecule has 2 N–H and O–H groups in total. The molecule has 1 aromatic rings. The van der Waals surface area contributed by atoms with E-state index in [4.69, 9.17) is 4.74 Å². The lowest BCUT2D eigenvalue weighted by atomic mass is 10.2. The highest BCUT2D eigenvalue weighted by molar-refractivity contribution is 5.92. The highest BCUT2D eigenvalue weighted by Crippen LogP contribution is 2.07. The molecule has 1 aromatic heterocycles. The fourth-order valence-corrected chi connectivity index (χ4v) is 1.52. The maximum atomic E-state index is 11.4. The lowest BCUT2D eigenvalue weighted by Crippen LogP contribution is -2.19. The highest BCUT2D eigenvalue weighted by atomic mass is 16.5. The summed E-state index contributed by atoms with van der Waals surface area (Å²) in [5, 5.41) is 5.81. The van der Waals surface area contributed by atoms with Crippen molar-refractivity contribution in [3.8, 4) is 0 Å². The molecule has 5 heteroatoms. The van der Waals surface area contributed by atoms with Gasteiger partial charge in [-0.15, -0.1) is 0 Å². The average molecular weight is 265 g/mol. The third-order valence-corrected chi connectivity index (χ3v) is 2.47. The largest absolute Gasteiger partial charge is 0.385 e. The first-order valence-corrected chi connectivity index (χ1v) is 6.63. The summed E-state index contributed by atoms with van der Waals surface area (Å²) in [6.07, 6.45) is 2.56. The Balaban J connectivity index is 2.27. The van der Waals surface area contributed by atoms with Gasteiger partial charge in [0.05, 0.1) is 0 Å². The molecule has 0 aromatic carbocycles. The molecule has 0 fully saturated rings. The predicted octanol–water partition coefficient (Wildman–Crippen LogP) is 1.92. The number of aromatic nitrogens is 1. The molecule has 0 radical (unpaired) electrons. The van der Waals surface area contributed by atoms with Crippen LogP contribution in [0.2, 0.25) is 0 Å². The number of ether oxygens (including phenoxy) is 1. The Morgan fingerprint density at radius 1 is 1.47 bits per heavy atom. The van der Waals surface area contributed by atoms with Crippen LogP contribution in [0, 0.1) is 5.92 Å². The summed E-state index contributed by atoms with van der Waals surface area (Å²) in [6, 6.07) is 3.59. The van der Waals surface area contributed by atoms with E-state index < -0.39 is 0 Å². The summed E-state index contributed by atoms with van der Waals surface area (Å²) >= 11 is 0. The number of pyridine rings is 1. The van der Waals surface area contributed by atoms with Crippen LogP contribution in [0.5, 0.6) is 0 Å². The second kappa shape index (κ2) is 8.48. The number of nitrogens with one attached hydrogen (secondary N) is 2. The van der Waals surface area contributed by atoms with Crippen molar-refractivity contribution in [2.45, 2.75) is 20.3 Å². The van der Waals surface area contributed by atoms with Gasteiger partial charge in [0.2, 0.25) is 0 Å². The first kappa shape index (κ1) is 15.4. The highest BCUT2D eigenvalue weighted by Gasteiger charge is 2.04. The van der Waals surface area contributed by atoms with Crippen molar-refractivity contribution < 1.29 is 9.53 Å². The number of rotatable bonds is 8. The molecule has 0 saturated carbocycles. The Morgan fingerprint density at radius 3 is 2.95 bits per heavy atom. The van der Waals surface area contributed by atoms with Gasteiger partial charge in [-0.3, -0.25) is 9.78 Å². The first-order chi connectivity index (χ1) is 9.13. The van der Waals surface area contributed by atoms with Crippen molar-refractivity contribution >= 4 is 11.6 Å². The Morgan fingerprint density at radius 2 is 2.26 bits per heavy atom. The van der Waals surface area contributed by atoms with Crippen LogP contribution in [0.3, 0.4) is 0 Å². The van der Waals surface area contributed by atoms with Gasteiger partial charge in [0.1, 0.15) is 5.69 Å². The lowest BCUT2D eigenvalue weighted by molar-refractivity contribution is 0.0958. The standard InChI is InChI=1S/C14H23N3O2/c1-11(2)10-19-8-4-6-16-12-5-7-17-13(9-12)14(18)15-3/h5,7,9,11H,4,6,8,10H2,1-3H3,(H,15,18)(H,16,17). The lowest BCUT2D eigenvalue weighted by Gasteiger charge is -2.09. The van der Waals surface area contributed by atoms with Gasteiger partial charge < -0.3 is 15.4 Å². The molecule has 0 aliphatic heterocycles. The minimum absolute atomic E-state index is 0.177. The van der Waals surface area contributed by atoms with E-state index in [1.165, 1.54) is 0 Å². The Kier molecular flexibility index (Phi) is 6.89. The van der Waals surface area contributed by atoms with E-state index in [0.717, 1.165) is 31.9 Å². The van der Waals surface area contributed by atoms with Crippen LogP contribution in [0.25, 0.3) is 0 Å². The van der Waals surface area contributed by atoms with Gasteiger partial charge >= 0.3 is 0 Å². The molecule has 0 bridgehead atoms. The second-order valence-corrected chi connectivity index (χ2v) is 4.76. The summed E-state index contributed by atoms with van der Waals surface area (Å²) in [6.45, 7) is 6.63. The molecule has 0 aliphatic rings. The zero-order valence-corrected chi connectivity index (χ0v) is 11.9. The molecule has 0 aliphatic carbocycles. The number of amides is 1. The van der Waals surface area contributed by atoms with Gasteiger partial charge in [-0.05, 0) is 24.5 Å². The molecule has 106 valence electrons. The molecular weight excluding hydrogens is 242 g/mol. The Hall–Kier alpha value is -1.62. The van der Waals surface area contributed by atoms with Crippen LogP contribution in [0.15, 0.2) is 18.3 Å². The van der Waals surface area contributed by atoms with E-state index in [2.05, 4.69) is 29.5 Å². The molecule has 1 amide bonds. The minimum Gasteiger partial charge on any atom is -0.385 e. The predicted molar refractivity (Wildman–Crippen MR) is 76.4 cm³/mol. The molecule has 0 saturated heterocycles. The number of nitrogens with zero attached hydrogens (tertiary/aromatic N) is 1. The molecular formula is C14H23N3O2. The van der Waals surface area contributed by atoms with Gasteiger partial charge in [0.15, 0.2) is 0 Å². The zero-order chi connectivity index (χ0) is 14.1. The van der Waals surface area contributed by atoms with E-state index in [1.807, 2.05) is 6.07 Å². The quantitative estimate of drug-likeness (QED) is 0.705. The molecule has 0 atom stereocenters. The Labute approximate surface area is 114 Å². The monoisotopic (exact) mass is 265 g/mol. The fraction of sp³-hybridized carbons (Fsp3) is 0.571. The fourth-order valence-electron chi connectivity index (χ4n) is 1.52. The average Bonchev–Trinajstić information content (AvgIpc) is 2.41. The van der Waals surface area contributed by atoms with Gasteiger partial charge in [-0.2, -0.15) is 0 Å². The van der Waals surface area contributed by atoms with Gasteiger partial charge in [-0.1, -0.05) is 13.8 Å². The number of carbonyl (C=O) groups is 1. The molecule has 1 rings (SSSR count). The van der Waals surface area contributed by atoms with Crippen molar-refractivity contribution in [2.75, 3.05) is 32.1 Å². The van der Waals surface area contributed by atoms with Crippen LogP contribution in [0.1, 0.15) is 30.8 Å². The van der Waals surface area contributed by atoms with Crippen molar-refractivity contribution in [3.05, 3.63) is 24.0 Å². The molecule has 5 nitrogen and oxygen atoms in total. The van der Waals surface area contributed by atoms with Gasteiger partial charge in [-0.25, -0.2) is 0 Å². The van der Waals surface area contributed by atoms with Crippen LogP contribution in [-0.2, 0) is 4.74 Å². The van der Waals surface area contributed by atoms with Crippen LogP contribution in [0.4, 0.5) is 5.69 Å². The molecule has 1 heterocycles. The van der Waals surface area contributed by atoms with Crippen LogP contribution < -0.4 is 10.6 Å². The van der Waals surface area contributed by atoms with E-state index in [0.29, 0.717) is 11.6 Å². The molecule has 19 heavy (non-hydrogen) atoms. The second-order valence-electron chi connectivity index (χ2n) is 4.76. The van der Waals surface area contributed by atoms with Crippen molar-refractivity contribution in [1.82, 2.24) is 10.3 Å². The third-order valence-electron chi connectivity index (χ3n) is 2.47. The third kappa shape index (κ3) is 6.20. The normalized spacial score (nSPS) is 10.5. The Bertz CT molecular complexity index is 394. The number of hydrogen-bond donors (Lipinski definition) is 2. The van der Waals surface area contributed by atoms with E-state index in [9.17, 15) is 4.79 Å². The van der Waals surface area contributed by atoms with Crippen molar-refractivity contribution in [3.63, 3.8) is 0 Å². The van der Waals surface area contributed by atoms with Gasteiger partial charge in [0.25, 0.3) is 5.91 Å². The number of anilines is 1. The van der Waals surface area contributed by atoms with E-state index in [1.54, 1.807) is 19.3 Å². The van der Waals surface area contributed by atoms with Crippen LogP contribution >= 0.6 is 0 Å². The summed E-state index contributed by atoms with van der Waals surface area (Å²) in [5.41, 5.74) is 1.32. The molecule has 0 unspecified atom stereocenters. The van der Waals surface area contributed by atoms with Crippen molar-refractivity contribution in [2.24, 2.45) is 5.92 Å². The maximum Gasteiger partial charge on any atom is 0.269 e. The SMILES string of the molecule is CNC(=O)c1cc(NCCCOCC(C)C)ccn1. The molecule has 0 spiro atoms. The summed E-state index contributed by atoms with van der Waals surface area (Å²) in [4.78, 5) is 15.4. The smallest absolute Gasteiger partial charge is 0.269 e. The van der Waals surface area contributed by atoms with Crippen LogP contribution in [-0.4, -0.2) is 37.7 Å².